The maximum absolute atomic E-state index is 13.3. The predicted molar refractivity (Wildman–Crippen MR) is 162 cm³/mol. The quantitative estimate of drug-likeness (QED) is 0.290. The van der Waals surface area contributed by atoms with Crippen LogP contribution in [0.3, 0.4) is 0 Å². The van der Waals surface area contributed by atoms with Gasteiger partial charge in [-0.1, -0.05) is 54.6 Å². The molecule has 6 heteroatoms. The summed E-state index contributed by atoms with van der Waals surface area (Å²) in [6.45, 7) is 9.71. The van der Waals surface area contributed by atoms with Crippen molar-refractivity contribution in [1.29, 1.82) is 0 Å². The number of hydrogen-bond donors (Lipinski definition) is 1. The molecule has 3 aromatic carbocycles. The minimum absolute atomic E-state index is 0.0456. The fraction of sp³-hybridized carbons (Fsp3) is 0.371. The number of piperidine rings is 1. The molecule has 2 aliphatic rings. The molecular formula is C35H39N3O3. The Morgan fingerprint density at radius 3 is 2.32 bits per heavy atom. The van der Waals surface area contributed by atoms with E-state index < -0.39 is 0 Å². The highest BCUT2D eigenvalue weighted by Crippen LogP contribution is 2.32. The first-order chi connectivity index (χ1) is 19.9. The molecule has 1 aliphatic heterocycles. The number of aromatic nitrogens is 1. The number of benzene rings is 3. The molecule has 6 nitrogen and oxygen atoms in total. The Labute approximate surface area is 242 Å². The second-order valence-electron chi connectivity index (χ2n) is 11.6. The van der Waals surface area contributed by atoms with Crippen molar-refractivity contribution >= 4 is 23.0 Å². The lowest BCUT2D eigenvalue weighted by atomic mass is 9.91. The topological polar surface area (TPSA) is 71.4 Å². The molecule has 1 aliphatic carbocycles. The molecule has 41 heavy (non-hydrogen) atoms. The first kappa shape index (κ1) is 28.5. The van der Waals surface area contributed by atoms with Gasteiger partial charge in [0.25, 0.3) is 5.91 Å². The van der Waals surface area contributed by atoms with E-state index >= 15 is 0 Å². The largest absolute Gasteiger partial charge is 0.373 e. The molecular weight excluding hydrogens is 510 g/mol. The Bertz CT molecular complexity index is 1530. The Morgan fingerprint density at radius 2 is 1.63 bits per heavy atom. The van der Waals surface area contributed by atoms with Crippen LogP contribution in [0.1, 0.15) is 59.8 Å². The molecule has 1 amide bonds. The van der Waals surface area contributed by atoms with Crippen LogP contribution in [0.15, 0.2) is 72.8 Å². The van der Waals surface area contributed by atoms with Crippen molar-refractivity contribution in [2.75, 3.05) is 13.1 Å². The molecule has 0 spiro atoms. The molecule has 1 saturated heterocycles. The van der Waals surface area contributed by atoms with Gasteiger partial charge in [-0.2, -0.15) is 9.59 Å². The van der Waals surface area contributed by atoms with E-state index in [1.165, 1.54) is 71.1 Å². The lowest BCUT2D eigenvalue weighted by Crippen LogP contribution is -2.46. The van der Waals surface area contributed by atoms with Crippen molar-refractivity contribution in [2.24, 2.45) is 5.92 Å². The van der Waals surface area contributed by atoms with Crippen molar-refractivity contribution in [2.45, 2.75) is 65.1 Å². The summed E-state index contributed by atoms with van der Waals surface area (Å²) in [5, 5.41) is 4.51. The van der Waals surface area contributed by atoms with Gasteiger partial charge in [0.05, 0.1) is 0 Å². The molecule has 1 N–H and O–H groups in total. The summed E-state index contributed by atoms with van der Waals surface area (Å²) in [6, 6.07) is 26.6. The highest BCUT2D eigenvalue weighted by atomic mass is 16.2. The van der Waals surface area contributed by atoms with Crippen LogP contribution in [0.25, 0.3) is 22.0 Å². The second kappa shape index (κ2) is 12.7. The van der Waals surface area contributed by atoms with E-state index in [4.69, 9.17) is 9.59 Å². The zero-order valence-corrected chi connectivity index (χ0v) is 24.2. The Morgan fingerprint density at radius 1 is 0.951 bits per heavy atom. The smallest absolute Gasteiger partial charge is 0.349 e. The maximum atomic E-state index is 13.3. The number of likely N-dealkylation sites (tertiary alicyclic amines) is 1. The Kier molecular flexibility index (Phi) is 8.82. The number of nitrogens with zero attached hydrogens (tertiary/aromatic N) is 2. The molecule has 1 unspecified atom stereocenters. The van der Waals surface area contributed by atoms with Crippen LogP contribution in [-0.4, -0.2) is 46.7 Å². The first-order valence-corrected chi connectivity index (χ1v) is 14.7. The fourth-order valence-corrected chi connectivity index (χ4v) is 6.24. The minimum atomic E-state index is 0.0456. The third-order valence-electron chi connectivity index (χ3n) is 8.92. The lowest BCUT2D eigenvalue weighted by Gasteiger charge is -2.36. The molecule has 212 valence electrons. The van der Waals surface area contributed by atoms with Crippen LogP contribution >= 0.6 is 0 Å². The maximum Gasteiger partial charge on any atom is 0.373 e. The Hall–Kier alpha value is -3.99. The third-order valence-corrected chi connectivity index (χ3v) is 8.92. The Balaban J connectivity index is 0.00000108. The molecule has 6 rings (SSSR count). The zero-order chi connectivity index (χ0) is 28.9. The van der Waals surface area contributed by atoms with Crippen molar-refractivity contribution in [3.8, 4) is 11.1 Å². The summed E-state index contributed by atoms with van der Waals surface area (Å²) in [5.41, 5.74) is 8.18. The van der Waals surface area contributed by atoms with E-state index in [-0.39, 0.29) is 18.1 Å². The number of amides is 1. The van der Waals surface area contributed by atoms with Crippen LogP contribution in [0, 0.1) is 19.8 Å². The van der Waals surface area contributed by atoms with E-state index in [2.05, 4.69) is 102 Å². The van der Waals surface area contributed by atoms with Gasteiger partial charge in [-0.05, 0) is 99.4 Å². The van der Waals surface area contributed by atoms with E-state index in [1.54, 1.807) is 0 Å². The minimum Gasteiger partial charge on any atom is -0.349 e. The number of nitrogens with one attached hydrogen (secondary N) is 1. The van der Waals surface area contributed by atoms with Crippen LogP contribution in [-0.2, 0) is 16.1 Å². The average molecular weight is 550 g/mol. The molecule has 2 atom stereocenters. The zero-order valence-electron chi connectivity index (χ0n) is 24.2. The van der Waals surface area contributed by atoms with Gasteiger partial charge in [0, 0.05) is 47.3 Å². The van der Waals surface area contributed by atoms with Gasteiger partial charge in [0.15, 0.2) is 0 Å². The van der Waals surface area contributed by atoms with Crippen LogP contribution in [0.5, 0.6) is 0 Å². The summed E-state index contributed by atoms with van der Waals surface area (Å²) >= 11 is 0. The fourth-order valence-electron chi connectivity index (χ4n) is 6.24. The highest BCUT2D eigenvalue weighted by Gasteiger charge is 2.34. The summed E-state index contributed by atoms with van der Waals surface area (Å²) in [7, 11) is 0. The molecule has 1 saturated carbocycles. The number of hydrogen-bond acceptors (Lipinski definition) is 4. The van der Waals surface area contributed by atoms with Crippen molar-refractivity contribution in [1.82, 2.24) is 14.8 Å². The molecule has 2 fully saturated rings. The predicted octanol–water partition coefficient (Wildman–Crippen LogP) is 6.38. The standard InChI is InChI=1S/C34H39N3O.CO2/c1-23-25(3)37(21-26-11-13-28(14-12-26)27-8-5-4-6-9-27)33-18-15-29(20-32(23)33)34(38)35-24(2)30-10-7-19-36(22-30)31-16-17-31;2-1-3/h4-6,8-9,11-15,18,20,24,30-31H,7,10,16-17,19,21-22H2,1-3H3,(H,35,38);/t24-,30?;/m0./s1. The molecule has 4 aromatic rings. The lowest BCUT2D eigenvalue weighted by molar-refractivity contribution is -0.191. The number of aryl methyl sites for hydroxylation is 1. The van der Waals surface area contributed by atoms with Gasteiger partial charge >= 0.3 is 6.15 Å². The van der Waals surface area contributed by atoms with Crippen molar-refractivity contribution in [3.63, 3.8) is 0 Å². The monoisotopic (exact) mass is 549 g/mol. The van der Waals surface area contributed by atoms with Crippen molar-refractivity contribution < 1.29 is 14.4 Å². The summed E-state index contributed by atoms with van der Waals surface area (Å²) < 4.78 is 2.38. The third kappa shape index (κ3) is 6.51. The van der Waals surface area contributed by atoms with E-state index in [1.807, 2.05) is 6.07 Å². The average Bonchev–Trinajstić information content (AvgIpc) is 3.83. The van der Waals surface area contributed by atoms with E-state index in [0.717, 1.165) is 24.7 Å². The normalized spacial score (nSPS) is 17.8. The van der Waals surface area contributed by atoms with Gasteiger partial charge in [-0.3, -0.25) is 4.79 Å². The van der Waals surface area contributed by atoms with Gasteiger partial charge in [-0.15, -0.1) is 0 Å². The molecule has 0 radical (unpaired) electrons. The number of fused-ring (bicyclic) bond motifs is 1. The van der Waals surface area contributed by atoms with E-state index in [0.29, 0.717) is 5.92 Å². The summed E-state index contributed by atoms with van der Waals surface area (Å²) in [4.78, 5) is 32.2. The van der Waals surface area contributed by atoms with Crippen molar-refractivity contribution in [3.05, 3.63) is 95.2 Å². The van der Waals surface area contributed by atoms with E-state index in [9.17, 15) is 4.79 Å². The number of rotatable bonds is 7. The highest BCUT2D eigenvalue weighted by molar-refractivity contribution is 5.99. The first-order valence-electron chi connectivity index (χ1n) is 14.7. The van der Waals surface area contributed by atoms with Crippen LogP contribution in [0.2, 0.25) is 0 Å². The summed E-state index contributed by atoms with van der Waals surface area (Å²) in [6.07, 6.45) is 5.40. The van der Waals surface area contributed by atoms with Gasteiger partial charge in [-0.25, -0.2) is 0 Å². The van der Waals surface area contributed by atoms with Gasteiger partial charge in [0.1, 0.15) is 0 Å². The van der Waals surface area contributed by atoms with Crippen LogP contribution in [0.4, 0.5) is 0 Å². The van der Waals surface area contributed by atoms with Gasteiger partial charge < -0.3 is 14.8 Å². The van der Waals surface area contributed by atoms with Crippen LogP contribution < -0.4 is 5.32 Å². The number of carbonyl (C=O) groups excluding carboxylic acids is 3. The SMILES string of the molecule is Cc1c(C)n(Cc2ccc(-c3ccccc3)cc2)c2ccc(C(=O)N[C@@H](C)C3CCCN(C4CC4)C3)cc12.O=C=O. The summed E-state index contributed by atoms with van der Waals surface area (Å²) in [5.74, 6) is 0.583. The molecule has 1 aromatic heterocycles. The molecule has 0 bridgehead atoms. The van der Waals surface area contributed by atoms with Gasteiger partial charge in [0.2, 0.25) is 0 Å². The number of carbonyl (C=O) groups is 1. The second-order valence-corrected chi connectivity index (χ2v) is 11.6. The molecule has 2 heterocycles.